The van der Waals surface area contributed by atoms with Crippen LogP contribution in [0.1, 0.15) is 42.1 Å². The smallest absolute Gasteiger partial charge is 0.230 e. The zero-order valence-electron chi connectivity index (χ0n) is 14.3. The third kappa shape index (κ3) is 3.02. The average Bonchev–Trinajstić information content (AvgIpc) is 3.06. The van der Waals surface area contributed by atoms with Crippen LogP contribution in [-0.4, -0.2) is 37.7 Å². The lowest BCUT2D eigenvalue weighted by Gasteiger charge is -2.37. The van der Waals surface area contributed by atoms with Crippen molar-refractivity contribution in [3.63, 3.8) is 0 Å². The zero-order valence-corrected chi connectivity index (χ0v) is 15.1. The summed E-state index contributed by atoms with van der Waals surface area (Å²) in [7, 11) is 0. The summed E-state index contributed by atoms with van der Waals surface area (Å²) in [5.74, 6) is 1.05. The van der Waals surface area contributed by atoms with Crippen LogP contribution in [0.4, 0.5) is 4.39 Å². The molecular weight excluding hydrogens is 339 g/mol. The van der Waals surface area contributed by atoms with Gasteiger partial charge >= 0.3 is 0 Å². The van der Waals surface area contributed by atoms with Gasteiger partial charge in [0.25, 0.3) is 0 Å². The van der Waals surface area contributed by atoms with E-state index >= 15 is 0 Å². The summed E-state index contributed by atoms with van der Waals surface area (Å²) in [4.78, 5) is 8.14. The number of aromatic nitrogens is 3. The molecule has 0 bridgehead atoms. The highest BCUT2D eigenvalue weighted by molar-refractivity contribution is 7.17. The second-order valence-electron chi connectivity index (χ2n) is 6.84. The molecule has 0 unspecified atom stereocenters. The van der Waals surface area contributed by atoms with Crippen molar-refractivity contribution >= 4 is 16.3 Å². The summed E-state index contributed by atoms with van der Waals surface area (Å²) in [6, 6.07) is 6.47. The third-order valence-corrected chi connectivity index (χ3v) is 5.84. The molecule has 2 aromatic heterocycles. The van der Waals surface area contributed by atoms with Gasteiger partial charge in [0.1, 0.15) is 11.6 Å². The van der Waals surface area contributed by atoms with Crippen LogP contribution in [0, 0.1) is 18.7 Å². The van der Waals surface area contributed by atoms with E-state index in [1.165, 1.54) is 28.3 Å². The molecule has 1 saturated heterocycles. The summed E-state index contributed by atoms with van der Waals surface area (Å²) in [6.45, 7) is 5.89. The first-order chi connectivity index (χ1) is 12.0. The van der Waals surface area contributed by atoms with Gasteiger partial charge in [0.05, 0.1) is 10.9 Å². The first-order valence-electron chi connectivity index (χ1n) is 8.57. The van der Waals surface area contributed by atoms with E-state index in [0.717, 1.165) is 30.0 Å². The molecule has 132 valence electrons. The molecule has 1 aliphatic heterocycles. The van der Waals surface area contributed by atoms with Crippen molar-refractivity contribution in [3.8, 4) is 5.88 Å². The minimum atomic E-state index is -0.262. The Labute approximate surface area is 149 Å². The SMILES string of the molecule is Cc1nc2sc([C@@H](c3cccc(F)c3)N3CCC[C@H](C)C3)c(O)n2n1. The van der Waals surface area contributed by atoms with Gasteiger partial charge in [-0.05, 0) is 49.9 Å². The Morgan fingerprint density at radius 3 is 2.96 bits per heavy atom. The molecular formula is C18H21FN4OS. The van der Waals surface area contributed by atoms with Crippen LogP contribution >= 0.6 is 11.3 Å². The lowest BCUT2D eigenvalue weighted by atomic mass is 9.95. The molecule has 2 atom stereocenters. The number of aromatic hydroxyl groups is 1. The lowest BCUT2D eigenvalue weighted by Crippen LogP contribution is -2.37. The van der Waals surface area contributed by atoms with Crippen molar-refractivity contribution in [2.24, 2.45) is 5.92 Å². The Kier molecular flexibility index (Phi) is 4.21. The number of benzene rings is 1. The average molecular weight is 360 g/mol. The van der Waals surface area contributed by atoms with Gasteiger partial charge in [-0.2, -0.15) is 4.52 Å². The molecule has 3 aromatic rings. The van der Waals surface area contributed by atoms with Crippen LogP contribution in [0.5, 0.6) is 5.88 Å². The molecule has 5 nitrogen and oxygen atoms in total. The molecule has 25 heavy (non-hydrogen) atoms. The van der Waals surface area contributed by atoms with Gasteiger partial charge in [0.15, 0.2) is 0 Å². The van der Waals surface area contributed by atoms with Crippen molar-refractivity contribution < 1.29 is 9.50 Å². The molecule has 0 amide bonds. The topological polar surface area (TPSA) is 53.7 Å². The summed E-state index contributed by atoms with van der Waals surface area (Å²) in [5.41, 5.74) is 0.852. The van der Waals surface area contributed by atoms with Gasteiger partial charge in [0.2, 0.25) is 10.8 Å². The van der Waals surface area contributed by atoms with Crippen LogP contribution in [0.3, 0.4) is 0 Å². The number of thiazole rings is 1. The van der Waals surface area contributed by atoms with Gasteiger partial charge < -0.3 is 5.11 Å². The maximum Gasteiger partial charge on any atom is 0.230 e. The van der Waals surface area contributed by atoms with E-state index < -0.39 is 0 Å². The first-order valence-corrected chi connectivity index (χ1v) is 9.39. The number of hydrogen-bond acceptors (Lipinski definition) is 5. The third-order valence-electron chi connectivity index (χ3n) is 4.77. The second-order valence-corrected chi connectivity index (χ2v) is 7.85. The molecule has 1 fully saturated rings. The van der Waals surface area contributed by atoms with E-state index in [4.69, 9.17) is 0 Å². The summed E-state index contributed by atoms with van der Waals surface area (Å²) < 4.78 is 15.4. The fraction of sp³-hybridized carbons (Fsp3) is 0.444. The Hall–Kier alpha value is -1.99. The van der Waals surface area contributed by atoms with Gasteiger partial charge in [-0.3, -0.25) is 4.90 Å². The molecule has 1 aliphatic rings. The molecule has 1 aromatic carbocycles. The van der Waals surface area contributed by atoms with E-state index in [-0.39, 0.29) is 17.7 Å². The van der Waals surface area contributed by atoms with E-state index in [1.807, 2.05) is 6.07 Å². The van der Waals surface area contributed by atoms with Crippen molar-refractivity contribution in [2.75, 3.05) is 13.1 Å². The molecule has 0 saturated carbocycles. The number of hydrogen-bond donors (Lipinski definition) is 1. The Bertz CT molecular complexity index is 906. The highest BCUT2D eigenvalue weighted by Gasteiger charge is 2.31. The molecule has 3 heterocycles. The number of rotatable bonds is 3. The highest BCUT2D eigenvalue weighted by Crippen LogP contribution is 2.41. The lowest BCUT2D eigenvalue weighted by molar-refractivity contribution is 0.149. The maximum absolute atomic E-state index is 13.9. The Balaban J connectivity index is 1.83. The van der Waals surface area contributed by atoms with Crippen LogP contribution in [-0.2, 0) is 0 Å². The van der Waals surface area contributed by atoms with Crippen molar-refractivity contribution in [1.82, 2.24) is 19.5 Å². The van der Waals surface area contributed by atoms with Crippen molar-refractivity contribution in [2.45, 2.75) is 32.7 Å². The predicted octanol–water partition coefficient (Wildman–Crippen LogP) is 3.77. The van der Waals surface area contributed by atoms with Gasteiger partial charge in [-0.1, -0.05) is 30.4 Å². The van der Waals surface area contributed by atoms with Crippen LogP contribution in [0.15, 0.2) is 24.3 Å². The van der Waals surface area contributed by atoms with E-state index in [9.17, 15) is 9.50 Å². The summed E-state index contributed by atoms with van der Waals surface area (Å²) in [6.07, 6.45) is 2.31. The van der Waals surface area contributed by atoms with Gasteiger partial charge in [0, 0.05) is 6.54 Å². The fourth-order valence-electron chi connectivity index (χ4n) is 3.69. The number of nitrogens with zero attached hydrogens (tertiary/aromatic N) is 4. The Morgan fingerprint density at radius 1 is 1.40 bits per heavy atom. The highest BCUT2D eigenvalue weighted by atomic mass is 32.1. The fourth-order valence-corrected chi connectivity index (χ4v) is 4.85. The first kappa shape index (κ1) is 16.5. The molecule has 0 spiro atoms. The maximum atomic E-state index is 13.9. The number of likely N-dealkylation sites (tertiary alicyclic amines) is 1. The van der Waals surface area contributed by atoms with Crippen LogP contribution in [0.2, 0.25) is 0 Å². The van der Waals surface area contributed by atoms with E-state index in [2.05, 4.69) is 21.9 Å². The van der Waals surface area contributed by atoms with E-state index in [0.29, 0.717) is 16.7 Å². The number of aryl methyl sites for hydroxylation is 1. The molecule has 1 N–H and O–H groups in total. The predicted molar refractivity (Wildman–Crippen MR) is 95.5 cm³/mol. The Morgan fingerprint density at radius 2 is 2.24 bits per heavy atom. The molecule has 0 radical (unpaired) electrons. The number of halogens is 1. The minimum absolute atomic E-state index is 0.105. The summed E-state index contributed by atoms with van der Waals surface area (Å²) >= 11 is 1.42. The molecule has 4 rings (SSSR count). The number of piperidine rings is 1. The van der Waals surface area contributed by atoms with Gasteiger partial charge in [-0.25, -0.2) is 9.37 Å². The quantitative estimate of drug-likeness (QED) is 0.773. The second kappa shape index (κ2) is 6.38. The number of fused-ring (bicyclic) bond motifs is 1. The normalized spacial score (nSPS) is 20.2. The van der Waals surface area contributed by atoms with Crippen molar-refractivity contribution in [3.05, 3.63) is 46.3 Å². The largest absolute Gasteiger partial charge is 0.492 e. The van der Waals surface area contributed by atoms with Gasteiger partial charge in [-0.15, -0.1) is 5.10 Å². The molecule has 7 heteroatoms. The summed E-state index contributed by atoms with van der Waals surface area (Å²) in [5, 5.41) is 15.0. The van der Waals surface area contributed by atoms with E-state index in [1.54, 1.807) is 19.1 Å². The standard InChI is InChI=1S/C18H21FN4OS/c1-11-5-4-8-22(10-11)15(13-6-3-7-14(19)9-13)16-17(24)23-18(25-16)20-12(2)21-23/h3,6-7,9,11,15,24H,4-5,8,10H2,1-2H3/t11-,15+/m0/s1. The molecule has 0 aliphatic carbocycles. The zero-order chi connectivity index (χ0) is 17.6. The van der Waals surface area contributed by atoms with Crippen LogP contribution < -0.4 is 0 Å². The van der Waals surface area contributed by atoms with Crippen LogP contribution in [0.25, 0.3) is 4.96 Å². The monoisotopic (exact) mass is 360 g/mol. The minimum Gasteiger partial charge on any atom is -0.492 e. The van der Waals surface area contributed by atoms with Crippen molar-refractivity contribution in [1.29, 1.82) is 0 Å².